The van der Waals surface area contributed by atoms with Crippen LogP contribution in [0.2, 0.25) is 0 Å². The Bertz CT molecular complexity index is 839. The molecule has 4 rings (SSSR count). The molecular formula is C21H25N3O2S. The van der Waals surface area contributed by atoms with Crippen LogP contribution >= 0.6 is 11.3 Å². The third-order valence-electron chi connectivity index (χ3n) is 5.10. The van der Waals surface area contributed by atoms with Gasteiger partial charge in [-0.15, -0.1) is 11.3 Å². The van der Waals surface area contributed by atoms with Crippen molar-refractivity contribution in [2.75, 3.05) is 24.3 Å². The molecule has 2 aliphatic carbocycles. The number of carbonyl (C=O) groups is 2. The Hall–Kier alpha value is -2.34. The van der Waals surface area contributed by atoms with Crippen LogP contribution in [0.1, 0.15) is 40.9 Å². The molecule has 5 nitrogen and oxygen atoms in total. The van der Waals surface area contributed by atoms with Gasteiger partial charge in [-0.2, -0.15) is 0 Å². The van der Waals surface area contributed by atoms with Crippen LogP contribution in [0.4, 0.5) is 11.4 Å². The van der Waals surface area contributed by atoms with E-state index in [1.54, 1.807) is 0 Å². The molecule has 0 unspecified atom stereocenters. The summed E-state index contributed by atoms with van der Waals surface area (Å²) >= 11 is 1.43. The van der Waals surface area contributed by atoms with Crippen molar-refractivity contribution in [2.24, 2.45) is 5.92 Å². The molecule has 0 spiro atoms. The Labute approximate surface area is 164 Å². The summed E-state index contributed by atoms with van der Waals surface area (Å²) in [6.07, 6.45) is 4.26. The summed E-state index contributed by atoms with van der Waals surface area (Å²) in [5.74, 6) is 0.437. The highest BCUT2D eigenvalue weighted by Gasteiger charge is 2.40. The molecule has 0 bridgehead atoms. The van der Waals surface area contributed by atoms with E-state index in [0.717, 1.165) is 42.6 Å². The van der Waals surface area contributed by atoms with Crippen molar-refractivity contribution in [2.45, 2.75) is 38.3 Å². The zero-order valence-corrected chi connectivity index (χ0v) is 16.6. The molecule has 1 aromatic heterocycles. The van der Waals surface area contributed by atoms with Crippen molar-refractivity contribution < 1.29 is 9.59 Å². The molecule has 2 aliphatic rings. The second-order valence-corrected chi connectivity index (χ2v) is 8.59. The van der Waals surface area contributed by atoms with Gasteiger partial charge in [0.2, 0.25) is 5.91 Å². The molecule has 1 heterocycles. The minimum absolute atomic E-state index is 0.0957. The van der Waals surface area contributed by atoms with E-state index in [9.17, 15) is 9.59 Å². The van der Waals surface area contributed by atoms with Crippen LogP contribution in [0.3, 0.4) is 0 Å². The minimum atomic E-state index is -0.0957. The maximum Gasteiger partial charge on any atom is 0.265 e. The number of hydrogen-bond donors (Lipinski definition) is 1. The summed E-state index contributed by atoms with van der Waals surface area (Å²) in [4.78, 5) is 29.9. The van der Waals surface area contributed by atoms with Crippen LogP contribution in [0, 0.1) is 5.92 Å². The van der Waals surface area contributed by atoms with Gasteiger partial charge in [0.1, 0.15) is 0 Å². The van der Waals surface area contributed by atoms with Crippen molar-refractivity contribution in [1.82, 2.24) is 4.90 Å². The van der Waals surface area contributed by atoms with Crippen molar-refractivity contribution in [1.29, 1.82) is 0 Å². The van der Waals surface area contributed by atoms with E-state index in [1.807, 2.05) is 49.8 Å². The van der Waals surface area contributed by atoms with Gasteiger partial charge >= 0.3 is 0 Å². The van der Waals surface area contributed by atoms with E-state index in [4.69, 9.17) is 0 Å². The van der Waals surface area contributed by atoms with E-state index < -0.39 is 0 Å². The lowest BCUT2D eigenvalue weighted by Gasteiger charge is -2.26. The van der Waals surface area contributed by atoms with Gasteiger partial charge in [0.05, 0.1) is 4.88 Å². The highest BCUT2D eigenvalue weighted by Crippen LogP contribution is 2.38. The lowest BCUT2D eigenvalue weighted by molar-refractivity contribution is -0.133. The van der Waals surface area contributed by atoms with Crippen molar-refractivity contribution in [3.8, 4) is 0 Å². The highest BCUT2D eigenvalue weighted by molar-refractivity contribution is 7.12. The van der Waals surface area contributed by atoms with Crippen LogP contribution in [0.25, 0.3) is 0 Å². The van der Waals surface area contributed by atoms with Gasteiger partial charge in [-0.1, -0.05) is 6.07 Å². The van der Waals surface area contributed by atoms with E-state index in [-0.39, 0.29) is 11.8 Å². The largest absolute Gasteiger partial charge is 0.377 e. The van der Waals surface area contributed by atoms with Crippen LogP contribution < -0.4 is 10.2 Å². The molecule has 2 amide bonds. The molecule has 6 heteroatoms. The van der Waals surface area contributed by atoms with E-state index in [0.29, 0.717) is 23.4 Å². The van der Waals surface area contributed by atoms with Gasteiger partial charge in [0.15, 0.2) is 0 Å². The number of nitrogens with zero attached hydrogens (tertiary/aromatic N) is 2. The SMILES string of the molecule is CN(C)c1ccc(NC(=O)c2cccs2)cc1CN(C(=O)C1CC1)C1CC1. The van der Waals surface area contributed by atoms with Crippen molar-refractivity contribution in [3.05, 3.63) is 46.2 Å². The summed E-state index contributed by atoms with van der Waals surface area (Å²) in [6.45, 7) is 0.607. The Morgan fingerprint density at radius 3 is 2.52 bits per heavy atom. The van der Waals surface area contributed by atoms with Crippen LogP contribution in [0.5, 0.6) is 0 Å². The Morgan fingerprint density at radius 1 is 1.15 bits per heavy atom. The minimum Gasteiger partial charge on any atom is -0.377 e. The number of nitrogens with one attached hydrogen (secondary N) is 1. The standard InChI is InChI=1S/C21H25N3O2S/c1-23(2)18-10-7-16(22-20(25)19-4-3-11-27-19)12-15(18)13-24(17-8-9-17)21(26)14-5-6-14/h3-4,7,10-12,14,17H,5-6,8-9,13H2,1-2H3,(H,22,25). The molecule has 142 valence electrons. The fourth-order valence-electron chi connectivity index (χ4n) is 3.35. The lowest BCUT2D eigenvalue weighted by atomic mass is 10.1. The molecule has 0 saturated heterocycles. The zero-order chi connectivity index (χ0) is 19.0. The number of amides is 2. The molecule has 27 heavy (non-hydrogen) atoms. The van der Waals surface area contributed by atoms with Crippen molar-refractivity contribution in [3.63, 3.8) is 0 Å². The average molecular weight is 384 g/mol. The first-order valence-electron chi connectivity index (χ1n) is 9.48. The summed E-state index contributed by atoms with van der Waals surface area (Å²) in [5.41, 5.74) is 2.92. The Balaban J connectivity index is 1.57. The second kappa shape index (κ2) is 7.35. The van der Waals surface area contributed by atoms with Crippen LogP contribution in [-0.4, -0.2) is 36.9 Å². The Morgan fingerprint density at radius 2 is 1.93 bits per heavy atom. The van der Waals surface area contributed by atoms with Gasteiger partial charge in [0.25, 0.3) is 5.91 Å². The normalized spacial score (nSPS) is 16.1. The fraction of sp³-hybridized carbons (Fsp3) is 0.429. The number of rotatable bonds is 7. The molecule has 0 aliphatic heterocycles. The monoisotopic (exact) mass is 383 g/mol. The van der Waals surface area contributed by atoms with Crippen LogP contribution in [-0.2, 0) is 11.3 Å². The molecule has 0 radical (unpaired) electrons. The maximum absolute atomic E-state index is 12.7. The van der Waals surface area contributed by atoms with Gasteiger partial charge in [-0.05, 0) is 60.9 Å². The quantitative estimate of drug-likeness (QED) is 0.787. The summed E-state index contributed by atoms with van der Waals surface area (Å²) in [7, 11) is 4.01. The molecule has 2 fully saturated rings. The number of carbonyl (C=O) groups excluding carboxylic acids is 2. The van der Waals surface area contributed by atoms with Gasteiger partial charge < -0.3 is 15.1 Å². The summed E-state index contributed by atoms with van der Waals surface area (Å²) in [6, 6.07) is 10.0. The van der Waals surface area contributed by atoms with Gasteiger partial charge in [0, 0.05) is 44.0 Å². The lowest BCUT2D eigenvalue weighted by Crippen LogP contribution is -2.34. The smallest absolute Gasteiger partial charge is 0.265 e. The van der Waals surface area contributed by atoms with E-state index in [1.165, 1.54) is 11.3 Å². The first-order valence-corrected chi connectivity index (χ1v) is 10.4. The molecular weight excluding hydrogens is 358 g/mol. The van der Waals surface area contributed by atoms with Crippen LogP contribution in [0.15, 0.2) is 35.7 Å². The molecule has 0 atom stereocenters. The third-order valence-corrected chi connectivity index (χ3v) is 5.97. The topological polar surface area (TPSA) is 52.7 Å². The van der Waals surface area contributed by atoms with E-state index in [2.05, 4.69) is 15.1 Å². The highest BCUT2D eigenvalue weighted by atomic mass is 32.1. The fourth-order valence-corrected chi connectivity index (χ4v) is 3.97. The Kier molecular flexibility index (Phi) is 4.91. The molecule has 2 aromatic rings. The van der Waals surface area contributed by atoms with Crippen molar-refractivity contribution >= 4 is 34.5 Å². The predicted molar refractivity (Wildman–Crippen MR) is 109 cm³/mol. The summed E-state index contributed by atoms with van der Waals surface area (Å²) < 4.78 is 0. The molecule has 1 aromatic carbocycles. The number of anilines is 2. The van der Waals surface area contributed by atoms with Gasteiger partial charge in [-0.3, -0.25) is 9.59 Å². The van der Waals surface area contributed by atoms with Gasteiger partial charge in [-0.25, -0.2) is 0 Å². The predicted octanol–water partition coefficient (Wildman–Crippen LogP) is 3.97. The molecule has 2 saturated carbocycles. The molecule has 1 N–H and O–H groups in total. The number of hydrogen-bond acceptors (Lipinski definition) is 4. The third kappa shape index (κ3) is 4.16. The summed E-state index contributed by atoms with van der Waals surface area (Å²) in [5, 5.41) is 4.88. The first kappa shape index (κ1) is 18.0. The van der Waals surface area contributed by atoms with E-state index >= 15 is 0 Å². The maximum atomic E-state index is 12.7. The number of thiophene rings is 1. The number of benzene rings is 1. The average Bonchev–Trinajstić information content (AvgIpc) is 3.57. The first-order chi connectivity index (χ1) is 13.0. The second-order valence-electron chi connectivity index (χ2n) is 7.64. The zero-order valence-electron chi connectivity index (χ0n) is 15.8.